The molecule has 0 aliphatic rings. The molecule has 4 N–H and O–H groups in total. The SMILES string of the molecule is COC(=O)[C@@H](Cc1ccc(O)cc1)NC(=O)[C@@H](N)[C@@H](C)c1ccccc1. The van der Waals surface area contributed by atoms with Gasteiger partial charge in [-0.1, -0.05) is 49.4 Å². The van der Waals surface area contributed by atoms with Gasteiger partial charge in [0.15, 0.2) is 0 Å². The Hall–Kier alpha value is -2.86. The molecule has 0 aliphatic heterocycles. The highest BCUT2D eigenvalue weighted by Crippen LogP contribution is 2.18. The van der Waals surface area contributed by atoms with Crippen molar-refractivity contribution in [3.8, 4) is 5.75 Å². The normalized spacial score (nSPS) is 14.1. The van der Waals surface area contributed by atoms with Crippen LogP contribution in [0.1, 0.15) is 24.0 Å². The number of nitrogens with one attached hydrogen (secondary N) is 1. The zero-order valence-electron chi connectivity index (χ0n) is 14.9. The van der Waals surface area contributed by atoms with Crippen molar-refractivity contribution >= 4 is 11.9 Å². The fraction of sp³-hybridized carbons (Fsp3) is 0.300. The molecule has 0 unspecified atom stereocenters. The van der Waals surface area contributed by atoms with Crippen LogP contribution in [0.3, 0.4) is 0 Å². The molecule has 0 aliphatic carbocycles. The Balaban J connectivity index is 2.07. The van der Waals surface area contributed by atoms with Crippen molar-refractivity contribution in [3.63, 3.8) is 0 Å². The second kappa shape index (κ2) is 9.01. The summed E-state index contributed by atoms with van der Waals surface area (Å²) in [6.07, 6.45) is 0.241. The summed E-state index contributed by atoms with van der Waals surface area (Å²) in [4.78, 5) is 24.6. The highest BCUT2D eigenvalue weighted by molar-refractivity contribution is 5.88. The maximum Gasteiger partial charge on any atom is 0.328 e. The smallest absolute Gasteiger partial charge is 0.328 e. The van der Waals surface area contributed by atoms with Gasteiger partial charge in [0, 0.05) is 12.3 Å². The van der Waals surface area contributed by atoms with E-state index in [1.54, 1.807) is 12.1 Å². The van der Waals surface area contributed by atoms with E-state index in [0.717, 1.165) is 11.1 Å². The van der Waals surface area contributed by atoms with E-state index in [2.05, 4.69) is 5.32 Å². The molecule has 2 aromatic carbocycles. The van der Waals surface area contributed by atoms with E-state index >= 15 is 0 Å². The first-order chi connectivity index (χ1) is 12.4. The third-order valence-electron chi connectivity index (χ3n) is 4.35. The fourth-order valence-electron chi connectivity index (χ4n) is 2.66. The molecule has 0 spiro atoms. The fourth-order valence-corrected chi connectivity index (χ4v) is 2.66. The van der Waals surface area contributed by atoms with Crippen molar-refractivity contribution < 1.29 is 19.4 Å². The predicted octanol–water partition coefficient (Wildman–Crippen LogP) is 1.72. The lowest BCUT2D eigenvalue weighted by atomic mass is 9.93. The van der Waals surface area contributed by atoms with Crippen molar-refractivity contribution in [1.82, 2.24) is 5.32 Å². The Morgan fingerprint density at radius 1 is 1.12 bits per heavy atom. The van der Waals surface area contributed by atoms with Crippen LogP contribution >= 0.6 is 0 Å². The largest absolute Gasteiger partial charge is 0.508 e. The van der Waals surface area contributed by atoms with Gasteiger partial charge in [0.05, 0.1) is 13.2 Å². The summed E-state index contributed by atoms with van der Waals surface area (Å²) in [6, 6.07) is 14.2. The molecular weight excluding hydrogens is 332 g/mol. The minimum Gasteiger partial charge on any atom is -0.508 e. The number of carbonyl (C=O) groups is 2. The number of amides is 1. The second-order valence-corrected chi connectivity index (χ2v) is 6.18. The molecule has 0 aromatic heterocycles. The maximum atomic E-state index is 12.5. The van der Waals surface area contributed by atoms with Gasteiger partial charge in [-0.25, -0.2) is 4.79 Å². The lowest BCUT2D eigenvalue weighted by Crippen LogP contribution is -2.51. The van der Waals surface area contributed by atoms with Gasteiger partial charge in [-0.05, 0) is 23.3 Å². The Morgan fingerprint density at radius 3 is 2.31 bits per heavy atom. The lowest BCUT2D eigenvalue weighted by Gasteiger charge is -2.23. The van der Waals surface area contributed by atoms with Crippen molar-refractivity contribution in [2.45, 2.75) is 31.3 Å². The molecular formula is C20H24N2O4. The molecule has 2 rings (SSSR count). The molecule has 1 amide bonds. The topological polar surface area (TPSA) is 102 Å². The zero-order chi connectivity index (χ0) is 19.1. The summed E-state index contributed by atoms with van der Waals surface area (Å²) in [5, 5.41) is 12.0. The summed E-state index contributed by atoms with van der Waals surface area (Å²) in [5.74, 6) is -1.05. The van der Waals surface area contributed by atoms with Crippen molar-refractivity contribution in [3.05, 3.63) is 65.7 Å². The van der Waals surface area contributed by atoms with E-state index in [1.165, 1.54) is 19.2 Å². The highest BCUT2D eigenvalue weighted by atomic mass is 16.5. The first-order valence-corrected chi connectivity index (χ1v) is 8.39. The zero-order valence-corrected chi connectivity index (χ0v) is 14.9. The van der Waals surface area contributed by atoms with Gasteiger partial charge in [-0.2, -0.15) is 0 Å². The summed E-state index contributed by atoms with van der Waals surface area (Å²) in [7, 11) is 1.27. The Morgan fingerprint density at radius 2 is 1.73 bits per heavy atom. The summed E-state index contributed by atoms with van der Waals surface area (Å²) in [5.41, 5.74) is 7.83. The monoisotopic (exact) mass is 356 g/mol. The van der Waals surface area contributed by atoms with Gasteiger partial charge < -0.3 is 20.9 Å². The second-order valence-electron chi connectivity index (χ2n) is 6.18. The van der Waals surface area contributed by atoms with E-state index in [4.69, 9.17) is 10.5 Å². The van der Waals surface area contributed by atoms with Crippen LogP contribution in [-0.4, -0.2) is 36.2 Å². The first kappa shape index (κ1) is 19.5. The number of hydrogen-bond donors (Lipinski definition) is 3. The van der Waals surface area contributed by atoms with E-state index in [9.17, 15) is 14.7 Å². The predicted molar refractivity (Wildman–Crippen MR) is 98.6 cm³/mol. The van der Waals surface area contributed by atoms with Crippen molar-refractivity contribution in [1.29, 1.82) is 0 Å². The Kier molecular flexibility index (Phi) is 6.74. The molecule has 0 bridgehead atoms. The molecule has 6 nitrogen and oxygen atoms in total. The van der Waals surface area contributed by atoms with Gasteiger partial charge in [0.1, 0.15) is 11.8 Å². The molecule has 0 saturated heterocycles. The van der Waals surface area contributed by atoms with Gasteiger partial charge in [-0.15, -0.1) is 0 Å². The number of rotatable bonds is 7. The van der Waals surface area contributed by atoms with Crippen molar-refractivity contribution in [2.24, 2.45) is 5.73 Å². The average molecular weight is 356 g/mol. The van der Waals surface area contributed by atoms with E-state index < -0.39 is 24.0 Å². The van der Waals surface area contributed by atoms with E-state index in [1.807, 2.05) is 37.3 Å². The summed E-state index contributed by atoms with van der Waals surface area (Å²) < 4.78 is 4.79. The molecule has 0 heterocycles. The van der Waals surface area contributed by atoms with Gasteiger partial charge in [-0.3, -0.25) is 4.79 Å². The van der Waals surface area contributed by atoms with Crippen LogP contribution in [0.25, 0.3) is 0 Å². The quantitative estimate of drug-likeness (QED) is 0.656. The number of esters is 1. The first-order valence-electron chi connectivity index (χ1n) is 8.39. The summed E-state index contributed by atoms with van der Waals surface area (Å²) >= 11 is 0. The number of methoxy groups -OCH3 is 1. The van der Waals surface area contributed by atoms with Crippen LogP contribution in [0.2, 0.25) is 0 Å². The van der Waals surface area contributed by atoms with Crippen LogP contribution in [0.5, 0.6) is 5.75 Å². The third kappa shape index (κ3) is 5.07. The number of phenols is 1. The van der Waals surface area contributed by atoms with Crippen LogP contribution in [0, 0.1) is 0 Å². The third-order valence-corrected chi connectivity index (χ3v) is 4.35. The molecule has 6 heteroatoms. The van der Waals surface area contributed by atoms with Crippen LogP contribution < -0.4 is 11.1 Å². The molecule has 0 radical (unpaired) electrons. The number of carbonyl (C=O) groups excluding carboxylic acids is 2. The highest BCUT2D eigenvalue weighted by Gasteiger charge is 2.28. The molecule has 3 atom stereocenters. The van der Waals surface area contributed by atoms with Gasteiger partial charge in [0.25, 0.3) is 0 Å². The van der Waals surface area contributed by atoms with Gasteiger partial charge >= 0.3 is 5.97 Å². The Bertz CT molecular complexity index is 731. The minimum absolute atomic E-state index is 0.131. The lowest BCUT2D eigenvalue weighted by molar-refractivity contribution is -0.145. The molecule has 2 aromatic rings. The average Bonchev–Trinajstić information content (AvgIpc) is 2.67. The minimum atomic E-state index is -0.855. The number of nitrogens with two attached hydrogens (primary N) is 1. The molecule has 26 heavy (non-hydrogen) atoms. The molecule has 138 valence electrons. The number of ether oxygens (including phenoxy) is 1. The summed E-state index contributed by atoms with van der Waals surface area (Å²) in [6.45, 7) is 1.87. The molecule has 0 fully saturated rings. The van der Waals surface area contributed by atoms with Crippen LogP contribution in [0.15, 0.2) is 54.6 Å². The Labute approximate surface area is 153 Å². The van der Waals surface area contributed by atoms with Gasteiger partial charge in [0.2, 0.25) is 5.91 Å². The number of benzene rings is 2. The van der Waals surface area contributed by atoms with E-state index in [0.29, 0.717) is 0 Å². The van der Waals surface area contributed by atoms with Crippen molar-refractivity contribution in [2.75, 3.05) is 7.11 Å². The standard InChI is InChI=1S/C20H24N2O4/c1-13(15-6-4-3-5-7-15)18(21)19(24)22-17(20(25)26-2)12-14-8-10-16(23)11-9-14/h3-11,13,17-18,23H,12,21H2,1-2H3,(H,22,24)/t13-,17+,18-/m0/s1. The van der Waals surface area contributed by atoms with Crippen LogP contribution in [0.4, 0.5) is 0 Å². The number of aromatic hydroxyl groups is 1. The number of hydrogen-bond acceptors (Lipinski definition) is 5. The molecule has 0 saturated carbocycles. The van der Waals surface area contributed by atoms with E-state index in [-0.39, 0.29) is 18.1 Å². The number of phenolic OH excluding ortho intramolecular Hbond substituents is 1. The van der Waals surface area contributed by atoms with Crippen LogP contribution in [-0.2, 0) is 20.7 Å². The maximum absolute atomic E-state index is 12.5.